The van der Waals surface area contributed by atoms with E-state index in [1.54, 1.807) is 0 Å². The topological polar surface area (TPSA) is 25.4 Å². The van der Waals surface area contributed by atoms with E-state index < -0.39 is 0 Å². The van der Waals surface area contributed by atoms with Gasteiger partial charge in [0, 0.05) is 30.8 Å². The molecule has 0 unspecified atom stereocenters. The molecule has 1 aromatic heterocycles. The molecule has 0 atom stereocenters. The van der Waals surface area contributed by atoms with Crippen LogP contribution in [0.25, 0.3) is 10.9 Å². The third kappa shape index (κ3) is 3.45. The Morgan fingerprint density at radius 1 is 1.14 bits per heavy atom. The summed E-state index contributed by atoms with van der Waals surface area (Å²) in [5.74, 6) is 1.09. The first kappa shape index (κ1) is 15.8. The van der Waals surface area contributed by atoms with Crippen LogP contribution in [0.1, 0.15) is 16.7 Å². The van der Waals surface area contributed by atoms with Crippen molar-refractivity contribution in [1.82, 2.24) is 9.88 Å². The number of nitrogens with zero attached hydrogens (tertiary/aromatic N) is 2. The van der Waals surface area contributed by atoms with E-state index >= 15 is 0 Å². The van der Waals surface area contributed by atoms with Crippen molar-refractivity contribution in [3.63, 3.8) is 0 Å². The first-order chi connectivity index (χ1) is 10.6. The number of rotatable bonds is 4. The van der Waals surface area contributed by atoms with Crippen molar-refractivity contribution in [3.05, 3.63) is 34.9 Å². The van der Waals surface area contributed by atoms with E-state index in [4.69, 9.17) is 9.72 Å². The number of aryl methyl sites for hydroxylation is 3. The average Bonchev–Trinajstić information content (AvgIpc) is 2.52. The fraction of sp³-hybridized carbons (Fsp3) is 0.500. The monoisotopic (exact) mass is 316 g/mol. The highest BCUT2D eigenvalue weighted by atomic mass is 32.2. The zero-order valence-electron chi connectivity index (χ0n) is 13.7. The molecular weight excluding hydrogens is 292 g/mol. The van der Waals surface area contributed by atoms with Crippen molar-refractivity contribution < 1.29 is 4.74 Å². The van der Waals surface area contributed by atoms with Crippen LogP contribution in [-0.4, -0.2) is 48.5 Å². The fourth-order valence-corrected chi connectivity index (χ4v) is 3.82. The maximum absolute atomic E-state index is 5.39. The summed E-state index contributed by atoms with van der Waals surface area (Å²) in [5.41, 5.74) is 5.10. The third-order valence-electron chi connectivity index (χ3n) is 4.45. The normalized spacial score (nSPS) is 16.3. The van der Waals surface area contributed by atoms with E-state index in [0.29, 0.717) is 0 Å². The van der Waals surface area contributed by atoms with Gasteiger partial charge < -0.3 is 4.74 Å². The van der Waals surface area contributed by atoms with E-state index in [-0.39, 0.29) is 0 Å². The molecule has 2 aromatic rings. The van der Waals surface area contributed by atoms with Crippen molar-refractivity contribution in [2.45, 2.75) is 25.8 Å². The van der Waals surface area contributed by atoms with E-state index in [0.717, 1.165) is 49.1 Å². The predicted octanol–water partition coefficient (Wildman–Crippen LogP) is 3.58. The number of hydrogen-bond acceptors (Lipinski definition) is 4. The zero-order valence-corrected chi connectivity index (χ0v) is 14.5. The molecule has 0 amide bonds. The minimum atomic E-state index is 0.871. The lowest BCUT2D eigenvalue weighted by Crippen LogP contribution is -2.37. The van der Waals surface area contributed by atoms with Gasteiger partial charge >= 0.3 is 0 Å². The summed E-state index contributed by atoms with van der Waals surface area (Å²) in [6.07, 6.45) is 0. The molecular formula is C18H24N2OS. The number of morpholine rings is 1. The largest absolute Gasteiger partial charge is 0.379 e. The molecule has 0 bridgehead atoms. The highest BCUT2D eigenvalue weighted by Gasteiger charge is 2.11. The van der Waals surface area contributed by atoms with E-state index in [1.165, 1.54) is 22.1 Å². The number of thioether (sulfide) groups is 1. The van der Waals surface area contributed by atoms with Crippen molar-refractivity contribution in [2.75, 3.05) is 38.6 Å². The lowest BCUT2D eigenvalue weighted by atomic mass is 10.0. The second-order valence-electron chi connectivity index (χ2n) is 5.98. The maximum Gasteiger partial charge on any atom is 0.0970 e. The Morgan fingerprint density at radius 2 is 1.91 bits per heavy atom. The summed E-state index contributed by atoms with van der Waals surface area (Å²) in [5, 5.41) is 2.42. The Hall–Kier alpha value is -1.10. The Kier molecular flexibility index (Phi) is 5.01. The van der Waals surface area contributed by atoms with Gasteiger partial charge in [-0.1, -0.05) is 12.1 Å². The summed E-state index contributed by atoms with van der Waals surface area (Å²) in [6, 6.07) is 6.61. The number of fused-ring (bicyclic) bond motifs is 1. The number of aromatic nitrogens is 1. The van der Waals surface area contributed by atoms with Crippen LogP contribution >= 0.6 is 11.8 Å². The van der Waals surface area contributed by atoms with Crippen LogP contribution in [0.3, 0.4) is 0 Å². The maximum atomic E-state index is 5.39. The first-order valence-electron chi connectivity index (χ1n) is 7.95. The van der Waals surface area contributed by atoms with E-state index in [9.17, 15) is 0 Å². The summed E-state index contributed by atoms with van der Waals surface area (Å²) >= 11 is 1.86. The fourth-order valence-electron chi connectivity index (χ4n) is 2.85. The van der Waals surface area contributed by atoms with Gasteiger partial charge in [0.2, 0.25) is 0 Å². The molecule has 0 aliphatic carbocycles. The Balaban J connectivity index is 1.72. The Bertz CT molecular complexity index is 666. The third-order valence-corrected chi connectivity index (χ3v) is 5.34. The van der Waals surface area contributed by atoms with Crippen molar-refractivity contribution in [1.29, 1.82) is 0 Å². The molecule has 1 aliphatic heterocycles. The highest BCUT2D eigenvalue weighted by Crippen LogP contribution is 2.27. The van der Waals surface area contributed by atoms with Gasteiger partial charge in [-0.25, -0.2) is 4.98 Å². The number of ether oxygens (including phenoxy) is 1. The molecule has 22 heavy (non-hydrogen) atoms. The summed E-state index contributed by atoms with van der Waals surface area (Å²) in [7, 11) is 0. The molecule has 3 nitrogen and oxygen atoms in total. The molecule has 1 aliphatic rings. The van der Waals surface area contributed by atoms with Crippen LogP contribution in [0.15, 0.2) is 23.2 Å². The molecule has 3 rings (SSSR count). The molecule has 0 N–H and O–H groups in total. The van der Waals surface area contributed by atoms with Gasteiger partial charge in [0.1, 0.15) is 0 Å². The number of hydrogen-bond donors (Lipinski definition) is 0. The van der Waals surface area contributed by atoms with Crippen molar-refractivity contribution in [3.8, 4) is 0 Å². The highest BCUT2D eigenvalue weighted by molar-refractivity contribution is 7.99. The summed E-state index contributed by atoms with van der Waals surface area (Å²) in [4.78, 5) is 7.37. The van der Waals surface area contributed by atoms with Crippen molar-refractivity contribution >= 4 is 22.7 Å². The molecule has 118 valence electrons. The second-order valence-corrected chi connectivity index (χ2v) is 7.10. The van der Waals surface area contributed by atoms with Gasteiger partial charge in [-0.15, -0.1) is 11.8 Å². The quantitative estimate of drug-likeness (QED) is 0.805. The molecule has 1 fully saturated rings. The lowest BCUT2D eigenvalue weighted by Gasteiger charge is -2.26. The van der Waals surface area contributed by atoms with Gasteiger partial charge in [0.05, 0.1) is 23.8 Å². The molecule has 0 spiro atoms. The number of pyridine rings is 1. The molecule has 1 aromatic carbocycles. The molecule has 2 heterocycles. The Morgan fingerprint density at radius 3 is 2.68 bits per heavy atom. The van der Waals surface area contributed by atoms with Crippen LogP contribution in [0.2, 0.25) is 0 Å². The van der Waals surface area contributed by atoms with E-state index in [1.807, 2.05) is 11.8 Å². The smallest absolute Gasteiger partial charge is 0.0970 e. The second kappa shape index (κ2) is 6.99. The Labute approximate surface area is 137 Å². The van der Waals surface area contributed by atoms with Crippen LogP contribution in [0.4, 0.5) is 0 Å². The van der Waals surface area contributed by atoms with Gasteiger partial charge in [-0.3, -0.25) is 4.90 Å². The molecule has 0 radical (unpaired) electrons. The van der Waals surface area contributed by atoms with Crippen LogP contribution < -0.4 is 0 Å². The minimum Gasteiger partial charge on any atom is -0.379 e. The number of benzene rings is 1. The van der Waals surface area contributed by atoms with Crippen molar-refractivity contribution in [2.24, 2.45) is 0 Å². The van der Waals surface area contributed by atoms with Crippen LogP contribution in [-0.2, 0) is 4.74 Å². The van der Waals surface area contributed by atoms with Gasteiger partial charge in [0.25, 0.3) is 0 Å². The SMILES string of the molecule is Cc1ccc2c(C)cc(SCCN3CCOCC3)nc2c1C. The van der Waals surface area contributed by atoms with E-state index in [2.05, 4.69) is 43.9 Å². The lowest BCUT2D eigenvalue weighted by molar-refractivity contribution is 0.0410. The standard InChI is InChI=1S/C18H24N2OS/c1-13-4-5-16-14(2)12-17(19-18(16)15(13)3)22-11-8-20-6-9-21-10-7-20/h4-5,12H,6-11H2,1-3H3. The van der Waals surface area contributed by atoms with Gasteiger partial charge in [-0.05, 0) is 43.5 Å². The van der Waals surface area contributed by atoms with Crippen LogP contribution in [0, 0.1) is 20.8 Å². The first-order valence-corrected chi connectivity index (χ1v) is 8.94. The molecule has 1 saturated heterocycles. The molecule has 4 heteroatoms. The summed E-state index contributed by atoms with van der Waals surface area (Å²) in [6.45, 7) is 11.5. The molecule has 0 saturated carbocycles. The average molecular weight is 316 g/mol. The van der Waals surface area contributed by atoms with Gasteiger partial charge in [-0.2, -0.15) is 0 Å². The van der Waals surface area contributed by atoms with Crippen LogP contribution in [0.5, 0.6) is 0 Å². The zero-order chi connectivity index (χ0) is 15.5. The van der Waals surface area contributed by atoms with Gasteiger partial charge in [0.15, 0.2) is 0 Å². The predicted molar refractivity (Wildman–Crippen MR) is 93.9 cm³/mol. The minimum absolute atomic E-state index is 0.871. The summed E-state index contributed by atoms with van der Waals surface area (Å²) < 4.78 is 5.39.